The van der Waals surface area contributed by atoms with Crippen molar-refractivity contribution < 1.29 is 27.1 Å². The molecule has 2 atom stereocenters. The van der Waals surface area contributed by atoms with Crippen LogP contribution in [0.4, 0.5) is 8.78 Å². The molecule has 0 unspecified atom stereocenters. The van der Waals surface area contributed by atoms with Crippen LogP contribution < -0.4 is 5.73 Å². The Morgan fingerprint density at radius 3 is 2.13 bits per heavy atom. The highest BCUT2D eigenvalue weighted by Gasteiger charge is 2.28. The second kappa shape index (κ2) is 16.9. The van der Waals surface area contributed by atoms with E-state index in [-0.39, 0.29) is 44.1 Å². The summed E-state index contributed by atoms with van der Waals surface area (Å²) < 4.78 is 53.1. The fourth-order valence-corrected chi connectivity index (χ4v) is 6.60. The maximum absolute atomic E-state index is 13.6. The number of nitrogens with two attached hydrogens (primary N) is 1. The van der Waals surface area contributed by atoms with E-state index in [9.17, 15) is 27.1 Å². The van der Waals surface area contributed by atoms with E-state index in [1.165, 1.54) is 4.90 Å². The number of rotatable bonds is 16. The number of carbonyl (C=O) groups excluding carboxylic acids is 1. The third-order valence-corrected chi connectivity index (χ3v) is 9.01. The van der Waals surface area contributed by atoms with E-state index in [1.54, 1.807) is 0 Å². The van der Waals surface area contributed by atoms with Gasteiger partial charge in [-0.05, 0) is 54.5 Å². The van der Waals surface area contributed by atoms with Crippen molar-refractivity contribution in [3.63, 3.8) is 0 Å². The van der Waals surface area contributed by atoms with Crippen molar-refractivity contribution in [1.29, 1.82) is 0 Å². The molecule has 39 heavy (non-hydrogen) atoms. The molecule has 0 fully saturated rings. The van der Waals surface area contributed by atoms with E-state index >= 15 is 0 Å². The van der Waals surface area contributed by atoms with Crippen molar-refractivity contribution >= 4 is 28.2 Å². The molecule has 6 nitrogen and oxygen atoms in total. The van der Waals surface area contributed by atoms with Crippen molar-refractivity contribution in [3.8, 4) is 0 Å². The van der Waals surface area contributed by atoms with Crippen molar-refractivity contribution in [2.45, 2.75) is 89.7 Å². The lowest BCUT2D eigenvalue weighted by Crippen LogP contribution is -2.46. The number of aliphatic hydroxyl groups excluding tert-OH is 1. The standard InChI is InChI=1S/C29H42F2N2O4S.ClH/c1-4-8-26(9-5-2)38(36,37)13-12-29(35)33(19-22-11-7-10-21(6-3)14-22)20-28(34)27(32)17-23-15-24(30)18-25(31)16-23;/h7,10-11,14-16,18,26-28,34H,4-6,8-9,12-13,17,19-20,32H2,1-3H3;1H/t27-,28+;/m0./s1. The van der Waals surface area contributed by atoms with Crippen LogP contribution in [-0.4, -0.2) is 54.0 Å². The first-order chi connectivity index (χ1) is 18.0. The average Bonchev–Trinajstić information content (AvgIpc) is 2.86. The van der Waals surface area contributed by atoms with Gasteiger partial charge >= 0.3 is 0 Å². The molecule has 0 aromatic heterocycles. The van der Waals surface area contributed by atoms with Gasteiger partial charge in [-0.2, -0.15) is 0 Å². The predicted molar refractivity (Wildman–Crippen MR) is 155 cm³/mol. The predicted octanol–water partition coefficient (Wildman–Crippen LogP) is 4.98. The Kier molecular flexibility index (Phi) is 15.1. The van der Waals surface area contributed by atoms with Crippen LogP contribution in [0.5, 0.6) is 0 Å². The summed E-state index contributed by atoms with van der Waals surface area (Å²) in [6.45, 7) is 5.95. The highest BCUT2D eigenvalue weighted by Crippen LogP contribution is 2.18. The lowest BCUT2D eigenvalue weighted by molar-refractivity contribution is -0.133. The second-order valence-electron chi connectivity index (χ2n) is 9.98. The molecule has 0 aliphatic heterocycles. The van der Waals surface area contributed by atoms with E-state index in [0.29, 0.717) is 18.4 Å². The molecular weight excluding hydrogens is 546 g/mol. The van der Waals surface area contributed by atoms with Crippen LogP contribution in [0, 0.1) is 11.6 Å². The van der Waals surface area contributed by atoms with E-state index in [2.05, 4.69) is 0 Å². The van der Waals surface area contributed by atoms with Gasteiger partial charge in [0.05, 0.1) is 17.1 Å². The molecule has 2 aromatic carbocycles. The van der Waals surface area contributed by atoms with Crippen molar-refractivity contribution in [2.75, 3.05) is 12.3 Å². The first kappa shape index (κ1) is 35.0. The number of halogens is 3. The zero-order valence-electron chi connectivity index (χ0n) is 23.1. The minimum atomic E-state index is -3.46. The Bertz CT molecular complexity index is 1120. The molecule has 1 amide bonds. The molecular formula is C29H43ClF2N2O4S. The molecule has 2 aromatic rings. The first-order valence-electron chi connectivity index (χ1n) is 13.4. The molecule has 0 aliphatic carbocycles. The smallest absolute Gasteiger partial charge is 0.223 e. The highest BCUT2D eigenvalue weighted by molar-refractivity contribution is 7.92. The Balaban J connectivity index is 0.00000760. The van der Waals surface area contributed by atoms with Gasteiger partial charge in [0, 0.05) is 31.6 Å². The number of hydrogen-bond donors (Lipinski definition) is 2. The quantitative estimate of drug-likeness (QED) is 0.288. The minimum absolute atomic E-state index is 0. The first-order valence-corrected chi connectivity index (χ1v) is 15.2. The normalized spacial score (nSPS) is 13.1. The van der Waals surface area contributed by atoms with E-state index < -0.39 is 44.8 Å². The van der Waals surface area contributed by atoms with E-state index in [4.69, 9.17) is 5.73 Å². The van der Waals surface area contributed by atoms with Gasteiger partial charge in [0.2, 0.25) is 5.91 Å². The van der Waals surface area contributed by atoms with Crippen LogP contribution in [-0.2, 0) is 34.0 Å². The maximum atomic E-state index is 13.6. The molecule has 10 heteroatoms. The van der Waals surface area contributed by atoms with Gasteiger partial charge in [-0.15, -0.1) is 12.4 Å². The highest BCUT2D eigenvalue weighted by atomic mass is 35.5. The van der Waals surface area contributed by atoms with Crippen LogP contribution in [0.3, 0.4) is 0 Å². The molecule has 2 rings (SSSR count). The van der Waals surface area contributed by atoms with Crippen molar-refractivity contribution in [3.05, 3.63) is 70.8 Å². The number of nitrogens with zero attached hydrogens (tertiary/aromatic N) is 1. The molecule has 220 valence electrons. The summed E-state index contributed by atoms with van der Waals surface area (Å²) in [5.41, 5.74) is 8.39. The zero-order valence-corrected chi connectivity index (χ0v) is 24.7. The molecule has 3 N–H and O–H groups in total. The number of hydrogen-bond acceptors (Lipinski definition) is 5. The van der Waals surface area contributed by atoms with Gasteiger partial charge in [-0.25, -0.2) is 17.2 Å². The zero-order chi connectivity index (χ0) is 28.3. The Morgan fingerprint density at radius 1 is 0.974 bits per heavy atom. The number of aliphatic hydroxyl groups is 1. The lowest BCUT2D eigenvalue weighted by Gasteiger charge is -2.29. The summed E-state index contributed by atoms with van der Waals surface area (Å²) >= 11 is 0. The van der Waals surface area contributed by atoms with Gasteiger partial charge in [0.1, 0.15) is 11.6 Å². The second-order valence-corrected chi connectivity index (χ2v) is 12.4. The maximum Gasteiger partial charge on any atom is 0.223 e. The number of carbonyl (C=O) groups is 1. The number of sulfone groups is 1. The van der Waals surface area contributed by atoms with E-state index in [1.807, 2.05) is 45.0 Å². The molecule has 0 aliphatic rings. The van der Waals surface area contributed by atoms with Gasteiger partial charge in [0.25, 0.3) is 0 Å². The minimum Gasteiger partial charge on any atom is -0.390 e. The van der Waals surface area contributed by atoms with Gasteiger partial charge in [-0.1, -0.05) is 57.9 Å². The van der Waals surface area contributed by atoms with Crippen molar-refractivity contribution in [2.24, 2.45) is 5.73 Å². The number of benzene rings is 2. The average molecular weight is 589 g/mol. The SMILES string of the molecule is CCCC(CCC)S(=O)(=O)CCC(=O)N(Cc1cccc(CC)c1)C[C@@H](O)[C@@H](N)Cc1cc(F)cc(F)c1.Cl. The third-order valence-electron chi connectivity index (χ3n) is 6.75. The summed E-state index contributed by atoms with van der Waals surface area (Å²) in [6, 6.07) is 9.89. The summed E-state index contributed by atoms with van der Waals surface area (Å²) in [6.07, 6.45) is 2.05. The lowest BCUT2D eigenvalue weighted by atomic mass is 10.0. The molecule has 0 radical (unpaired) electrons. The van der Waals surface area contributed by atoms with Crippen molar-refractivity contribution in [1.82, 2.24) is 4.90 Å². The Hall–Kier alpha value is -2.07. The summed E-state index contributed by atoms with van der Waals surface area (Å²) in [7, 11) is -3.46. The molecule has 0 saturated heterocycles. The van der Waals surface area contributed by atoms with Gasteiger partial charge in [-0.3, -0.25) is 4.79 Å². The Morgan fingerprint density at radius 2 is 1.56 bits per heavy atom. The fraction of sp³-hybridized carbons (Fsp3) is 0.552. The Labute approximate surface area is 238 Å². The topological polar surface area (TPSA) is 101 Å². The molecule has 0 saturated carbocycles. The number of aryl methyl sites for hydroxylation is 1. The monoisotopic (exact) mass is 588 g/mol. The summed E-state index contributed by atoms with van der Waals surface area (Å²) in [4.78, 5) is 14.7. The van der Waals surface area contributed by atoms with Crippen LogP contribution in [0.1, 0.15) is 69.6 Å². The molecule has 0 heterocycles. The summed E-state index contributed by atoms with van der Waals surface area (Å²) in [5.74, 6) is -2.13. The van der Waals surface area contributed by atoms with Crippen LogP contribution in [0.15, 0.2) is 42.5 Å². The third kappa shape index (κ3) is 11.5. The van der Waals surface area contributed by atoms with E-state index in [0.717, 1.165) is 48.6 Å². The van der Waals surface area contributed by atoms with Crippen LogP contribution in [0.2, 0.25) is 0 Å². The fourth-order valence-electron chi connectivity index (χ4n) is 4.62. The van der Waals surface area contributed by atoms with Gasteiger partial charge in [0.15, 0.2) is 9.84 Å². The summed E-state index contributed by atoms with van der Waals surface area (Å²) in [5, 5.41) is 10.4. The molecule has 0 spiro atoms. The van der Waals surface area contributed by atoms with Crippen LogP contribution >= 0.6 is 12.4 Å². The van der Waals surface area contributed by atoms with Crippen LogP contribution in [0.25, 0.3) is 0 Å². The van der Waals surface area contributed by atoms with Gasteiger partial charge < -0.3 is 15.7 Å². The number of amides is 1. The molecule has 0 bridgehead atoms. The largest absolute Gasteiger partial charge is 0.390 e.